The van der Waals surface area contributed by atoms with Gasteiger partial charge in [0, 0.05) is 26.2 Å². The summed E-state index contributed by atoms with van der Waals surface area (Å²) in [6.45, 7) is 31.2. The van der Waals surface area contributed by atoms with Gasteiger partial charge in [-0.15, -0.1) is 0 Å². The number of hydrogen-bond donors (Lipinski definition) is 1. The van der Waals surface area contributed by atoms with Crippen LogP contribution >= 0.6 is 0 Å². The van der Waals surface area contributed by atoms with Gasteiger partial charge >= 0.3 is 0 Å². The molecule has 27 heavy (non-hydrogen) atoms. The number of nitrogens with zero attached hydrogens (tertiary/aromatic N) is 5. The maximum atomic E-state index is 3.75. The first-order valence-electron chi connectivity index (χ1n) is 11.5. The van der Waals surface area contributed by atoms with E-state index in [0.29, 0.717) is 0 Å². The number of likely N-dealkylation sites (N-methyl/N-ethyl adjacent to an activating group) is 3. The molecule has 0 atom stereocenters. The van der Waals surface area contributed by atoms with E-state index in [9.17, 15) is 0 Å². The highest BCUT2D eigenvalue weighted by Crippen LogP contribution is 2.13. The van der Waals surface area contributed by atoms with E-state index in [2.05, 4.69) is 66.5 Å². The molecule has 1 heterocycles. The second-order valence-electron chi connectivity index (χ2n) is 7.97. The van der Waals surface area contributed by atoms with Crippen molar-refractivity contribution in [3.63, 3.8) is 0 Å². The van der Waals surface area contributed by atoms with Crippen molar-refractivity contribution < 1.29 is 4.48 Å². The summed E-state index contributed by atoms with van der Waals surface area (Å²) in [4.78, 5) is 10.3. The van der Waals surface area contributed by atoms with Gasteiger partial charge < -0.3 is 4.90 Å². The van der Waals surface area contributed by atoms with Crippen molar-refractivity contribution in [3.8, 4) is 0 Å². The number of nitrogens with one attached hydrogen (secondary N) is 1. The minimum Gasteiger partial charge on any atom is -0.303 e. The van der Waals surface area contributed by atoms with E-state index in [1.807, 2.05) is 0 Å². The molecule has 1 aliphatic rings. The zero-order chi connectivity index (χ0) is 20.1. The molecule has 1 fully saturated rings. The standard InChI is InChI=1S/C21H49N6/c1-7-23(8-2)13-14-26-19-22-20-27(21-26,17-15-24(9-3)10-4)18-16-25(11-5)12-6/h22H,7-21H2,1-6H3/q+1. The molecule has 1 aliphatic heterocycles. The van der Waals surface area contributed by atoms with Gasteiger partial charge in [-0.2, -0.15) is 0 Å². The topological polar surface area (TPSA) is 25.0 Å². The zero-order valence-electron chi connectivity index (χ0n) is 19.3. The molecule has 0 aromatic heterocycles. The van der Waals surface area contributed by atoms with Gasteiger partial charge in [-0.1, -0.05) is 41.5 Å². The number of hydrogen-bond acceptors (Lipinski definition) is 5. The second kappa shape index (κ2) is 13.9. The van der Waals surface area contributed by atoms with Crippen LogP contribution in [0.25, 0.3) is 0 Å². The van der Waals surface area contributed by atoms with E-state index >= 15 is 0 Å². The van der Waals surface area contributed by atoms with Crippen LogP contribution in [0.15, 0.2) is 0 Å². The predicted octanol–water partition coefficient (Wildman–Crippen LogP) is 1.61. The van der Waals surface area contributed by atoms with E-state index in [0.717, 1.165) is 52.6 Å². The first-order valence-corrected chi connectivity index (χ1v) is 11.5. The molecule has 0 amide bonds. The van der Waals surface area contributed by atoms with Crippen LogP contribution in [0.1, 0.15) is 41.5 Å². The summed E-state index contributed by atoms with van der Waals surface area (Å²) in [5, 5.41) is 3.75. The Bertz CT molecular complexity index is 337. The maximum absolute atomic E-state index is 3.75. The van der Waals surface area contributed by atoms with Crippen molar-refractivity contribution in [2.24, 2.45) is 0 Å². The molecule has 162 valence electrons. The molecular weight excluding hydrogens is 336 g/mol. The van der Waals surface area contributed by atoms with E-state index < -0.39 is 0 Å². The third kappa shape index (κ3) is 8.75. The lowest BCUT2D eigenvalue weighted by Crippen LogP contribution is -2.67. The lowest BCUT2D eigenvalue weighted by molar-refractivity contribution is -0.944. The van der Waals surface area contributed by atoms with Gasteiger partial charge in [0.25, 0.3) is 0 Å². The van der Waals surface area contributed by atoms with Gasteiger partial charge in [0.05, 0.1) is 19.8 Å². The quantitative estimate of drug-likeness (QED) is 0.432. The predicted molar refractivity (Wildman–Crippen MR) is 118 cm³/mol. The van der Waals surface area contributed by atoms with E-state index in [-0.39, 0.29) is 0 Å². The van der Waals surface area contributed by atoms with Crippen molar-refractivity contribution in [2.45, 2.75) is 41.5 Å². The van der Waals surface area contributed by atoms with Crippen molar-refractivity contribution in [3.05, 3.63) is 0 Å². The summed E-state index contributed by atoms with van der Waals surface area (Å²) >= 11 is 0. The smallest absolute Gasteiger partial charge is 0.137 e. The summed E-state index contributed by atoms with van der Waals surface area (Å²) < 4.78 is 1.19. The van der Waals surface area contributed by atoms with Crippen molar-refractivity contribution in [2.75, 3.05) is 98.5 Å². The Morgan fingerprint density at radius 1 is 0.704 bits per heavy atom. The van der Waals surface area contributed by atoms with E-state index in [1.165, 1.54) is 50.4 Å². The molecule has 1 saturated heterocycles. The Balaban J connectivity index is 2.72. The number of rotatable bonds is 15. The first kappa shape index (κ1) is 24.8. The van der Waals surface area contributed by atoms with Gasteiger partial charge in [0.2, 0.25) is 0 Å². The highest BCUT2D eigenvalue weighted by atomic mass is 15.5. The molecule has 0 aromatic carbocycles. The van der Waals surface area contributed by atoms with E-state index in [1.54, 1.807) is 0 Å². The van der Waals surface area contributed by atoms with Crippen LogP contribution in [0.4, 0.5) is 0 Å². The third-order valence-corrected chi connectivity index (χ3v) is 6.48. The lowest BCUT2D eigenvalue weighted by Gasteiger charge is -2.47. The molecule has 0 bridgehead atoms. The fourth-order valence-electron chi connectivity index (χ4n) is 4.14. The van der Waals surface area contributed by atoms with Crippen molar-refractivity contribution in [1.82, 2.24) is 24.9 Å². The van der Waals surface area contributed by atoms with Gasteiger partial charge in [-0.3, -0.25) is 19.6 Å². The van der Waals surface area contributed by atoms with Crippen LogP contribution in [-0.4, -0.2) is 123 Å². The number of quaternary nitrogens is 1. The van der Waals surface area contributed by atoms with Gasteiger partial charge in [-0.05, 0) is 39.3 Å². The van der Waals surface area contributed by atoms with Gasteiger partial charge in [0.15, 0.2) is 0 Å². The molecular formula is C21H49N6+. The normalized spacial score (nSPS) is 18.1. The second-order valence-corrected chi connectivity index (χ2v) is 7.97. The summed E-state index contributed by atoms with van der Waals surface area (Å²) in [5.74, 6) is 0. The average Bonchev–Trinajstić information content (AvgIpc) is 2.70. The lowest BCUT2D eigenvalue weighted by atomic mass is 10.3. The Morgan fingerprint density at radius 3 is 1.59 bits per heavy atom. The zero-order valence-corrected chi connectivity index (χ0v) is 19.3. The molecule has 0 saturated carbocycles. The molecule has 0 radical (unpaired) electrons. The molecule has 0 aliphatic carbocycles. The monoisotopic (exact) mass is 385 g/mol. The highest BCUT2D eigenvalue weighted by molar-refractivity contribution is 4.64. The van der Waals surface area contributed by atoms with Gasteiger partial charge in [0.1, 0.15) is 13.3 Å². The highest BCUT2D eigenvalue weighted by Gasteiger charge is 2.33. The molecule has 0 unspecified atom stereocenters. The molecule has 0 aromatic rings. The Morgan fingerprint density at radius 2 is 1.15 bits per heavy atom. The molecule has 6 heteroatoms. The summed E-state index contributed by atoms with van der Waals surface area (Å²) in [7, 11) is 0. The van der Waals surface area contributed by atoms with Crippen LogP contribution in [-0.2, 0) is 0 Å². The van der Waals surface area contributed by atoms with Crippen molar-refractivity contribution in [1.29, 1.82) is 0 Å². The third-order valence-electron chi connectivity index (χ3n) is 6.48. The van der Waals surface area contributed by atoms with Crippen molar-refractivity contribution >= 4 is 0 Å². The largest absolute Gasteiger partial charge is 0.303 e. The molecule has 0 spiro atoms. The molecule has 6 nitrogen and oxygen atoms in total. The summed E-state index contributed by atoms with van der Waals surface area (Å²) in [6.07, 6.45) is 0. The Hall–Kier alpha value is -0.240. The summed E-state index contributed by atoms with van der Waals surface area (Å²) in [5.41, 5.74) is 0. The maximum Gasteiger partial charge on any atom is 0.137 e. The minimum absolute atomic E-state index is 1.04. The van der Waals surface area contributed by atoms with Crippen LogP contribution in [0, 0.1) is 0 Å². The fraction of sp³-hybridized carbons (Fsp3) is 1.00. The van der Waals surface area contributed by atoms with Gasteiger partial charge in [-0.25, -0.2) is 4.90 Å². The van der Waals surface area contributed by atoms with E-state index in [4.69, 9.17) is 0 Å². The Kier molecular flexibility index (Phi) is 12.7. The SMILES string of the molecule is CCN(CC)CCN1CNC[N+](CCN(CC)CC)(CCN(CC)CC)C1. The van der Waals surface area contributed by atoms with Crippen LogP contribution in [0.5, 0.6) is 0 Å². The Labute approximate surface area is 170 Å². The first-order chi connectivity index (χ1) is 13.1. The molecule has 1 N–H and O–H groups in total. The summed E-state index contributed by atoms with van der Waals surface area (Å²) in [6, 6.07) is 0. The van der Waals surface area contributed by atoms with Crippen LogP contribution in [0.3, 0.4) is 0 Å². The molecule has 1 rings (SSSR count). The van der Waals surface area contributed by atoms with Crippen LogP contribution in [0.2, 0.25) is 0 Å². The minimum atomic E-state index is 1.04. The average molecular weight is 386 g/mol. The van der Waals surface area contributed by atoms with Crippen LogP contribution < -0.4 is 5.32 Å². The fourth-order valence-corrected chi connectivity index (χ4v) is 4.14.